The summed E-state index contributed by atoms with van der Waals surface area (Å²) in [6, 6.07) is 18.0. The van der Waals surface area contributed by atoms with Crippen molar-refractivity contribution in [2.45, 2.75) is 37.6 Å². The minimum absolute atomic E-state index is 0.00820. The van der Waals surface area contributed by atoms with Crippen LogP contribution < -0.4 is 10.6 Å². The van der Waals surface area contributed by atoms with Gasteiger partial charge in [0, 0.05) is 10.9 Å². The number of halogens is 1. The molecule has 0 aliphatic carbocycles. The summed E-state index contributed by atoms with van der Waals surface area (Å²) in [5.74, 6) is 0.808. The van der Waals surface area contributed by atoms with Crippen LogP contribution in [0.3, 0.4) is 0 Å². The Morgan fingerprint density at radius 3 is 2.57 bits per heavy atom. The van der Waals surface area contributed by atoms with Crippen LogP contribution in [0.2, 0.25) is 0 Å². The van der Waals surface area contributed by atoms with Crippen LogP contribution in [0, 0.1) is 5.92 Å². The van der Waals surface area contributed by atoms with E-state index in [2.05, 4.69) is 38.7 Å². The molecule has 1 saturated heterocycles. The van der Waals surface area contributed by atoms with Crippen LogP contribution >= 0.6 is 15.9 Å². The first-order valence-electron chi connectivity index (χ1n) is 10.0. The van der Waals surface area contributed by atoms with Gasteiger partial charge in [0.05, 0.1) is 12.6 Å². The van der Waals surface area contributed by atoms with Gasteiger partial charge in [0.2, 0.25) is 5.91 Å². The maximum Gasteiger partial charge on any atom is 0.220 e. The van der Waals surface area contributed by atoms with E-state index < -0.39 is 0 Å². The number of carbonyl (C=O) groups is 1. The maximum atomic E-state index is 12.8. The van der Waals surface area contributed by atoms with Gasteiger partial charge in [-0.15, -0.1) is 0 Å². The molecule has 0 aromatic heterocycles. The van der Waals surface area contributed by atoms with Gasteiger partial charge in [0.15, 0.2) is 0 Å². The van der Waals surface area contributed by atoms with E-state index >= 15 is 0 Å². The summed E-state index contributed by atoms with van der Waals surface area (Å²) in [5.41, 5.74) is 2.32. The van der Waals surface area contributed by atoms with Crippen molar-refractivity contribution in [3.05, 3.63) is 70.2 Å². The molecule has 0 bridgehead atoms. The lowest BCUT2D eigenvalue weighted by atomic mass is 9.85. The highest BCUT2D eigenvalue weighted by Gasteiger charge is 2.24. The standard InChI is InChI=1S/C23H29BrN2O2/c24-21-8-6-19(7-9-21)20(12-18-10-11-25-15-18)14-23(28)26-22(16-27)13-17-4-2-1-3-5-17/h1-9,18,20,22,25,27H,10-16H2,(H,26,28)/t18-,20?,22+/m1/s1. The largest absolute Gasteiger partial charge is 0.394 e. The van der Waals surface area contributed by atoms with E-state index in [-0.39, 0.29) is 24.5 Å². The molecule has 1 amide bonds. The smallest absolute Gasteiger partial charge is 0.220 e. The van der Waals surface area contributed by atoms with Crippen molar-refractivity contribution in [1.82, 2.24) is 10.6 Å². The fourth-order valence-corrected chi connectivity index (χ4v) is 4.22. The molecule has 3 atom stereocenters. The first-order chi connectivity index (χ1) is 13.6. The summed E-state index contributed by atoms with van der Waals surface area (Å²) in [5, 5.41) is 16.2. The van der Waals surface area contributed by atoms with Crippen LogP contribution in [0.1, 0.15) is 36.3 Å². The number of carbonyl (C=O) groups excluding carboxylic acids is 1. The Bertz CT molecular complexity index is 730. The molecule has 1 unspecified atom stereocenters. The third kappa shape index (κ3) is 6.43. The van der Waals surface area contributed by atoms with Gasteiger partial charge in [-0.3, -0.25) is 4.79 Å². The lowest BCUT2D eigenvalue weighted by Gasteiger charge is -2.23. The second-order valence-corrected chi connectivity index (χ2v) is 8.60. The molecule has 3 N–H and O–H groups in total. The van der Waals surface area contributed by atoms with Gasteiger partial charge in [0.1, 0.15) is 0 Å². The SMILES string of the molecule is O=C(CC(C[C@H]1CCNC1)c1ccc(Br)cc1)N[C@H](CO)Cc1ccccc1. The number of nitrogens with one attached hydrogen (secondary N) is 2. The zero-order valence-corrected chi connectivity index (χ0v) is 17.7. The Labute approximate surface area is 175 Å². The molecule has 5 heteroatoms. The number of hydrogen-bond donors (Lipinski definition) is 3. The fraction of sp³-hybridized carbons (Fsp3) is 0.435. The van der Waals surface area contributed by atoms with Crippen molar-refractivity contribution in [2.24, 2.45) is 5.92 Å². The topological polar surface area (TPSA) is 61.4 Å². The van der Waals surface area contributed by atoms with Gasteiger partial charge in [-0.05, 0) is 67.4 Å². The van der Waals surface area contributed by atoms with Crippen LogP contribution in [0.5, 0.6) is 0 Å². The van der Waals surface area contributed by atoms with Crippen molar-refractivity contribution in [3.8, 4) is 0 Å². The highest BCUT2D eigenvalue weighted by atomic mass is 79.9. The molecule has 4 nitrogen and oxygen atoms in total. The van der Waals surface area contributed by atoms with Gasteiger partial charge in [-0.25, -0.2) is 0 Å². The van der Waals surface area contributed by atoms with Crippen LogP contribution in [0.15, 0.2) is 59.1 Å². The number of hydrogen-bond acceptors (Lipinski definition) is 3. The van der Waals surface area contributed by atoms with E-state index in [1.165, 1.54) is 12.0 Å². The minimum Gasteiger partial charge on any atom is -0.394 e. The summed E-state index contributed by atoms with van der Waals surface area (Å²) in [6.45, 7) is 2.03. The molecular formula is C23H29BrN2O2. The average molecular weight is 445 g/mol. The van der Waals surface area contributed by atoms with E-state index in [1.807, 2.05) is 42.5 Å². The number of aliphatic hydroxyl groups excluding tert-OH is 1. The molecule has 28 heavy (non-hydrogen) atoms. The zero-order valence-electron chi connectivity index (χ0n) is 16.1. The van der Waals surface area contributed by atoms with Gasteiger partial charge in [-0.2, -0.15) is 0 Å². The number of amides is 1. The Morgan fingerprint density at radius 2 is 1.93 bits per heavy atom. The quantitative estimate of drug-likeness (QED) is 0.553. The fourth-order valence-electron chi connectivity index (χ4n) is 3.96. The van der Waals surface area contributed by atoms with Gasteiger partial charge in [0.25, 0.3) is 0 Å². The highest BCUT2D eigenvalue weighted by molar-refractivity contribution is 9.10. The lowest BCUT2D eigenvalue weighted by molar-refractivity contribution is -0.122. The first kappa shape index (κ1) is 21.0. The second-order valence-electron chi connectivity index (χ2n) is 7.68. The summed E-state index contributed by atoms with van der Waals surface area (Å²) < 4.78 is 1.05. The average Bonchev–Trinajstić information content (AvgIpc) is 3.21. The predicted molar refractivity (Wildman–Crippen MR) is 116 cm³/mol. The predicted octanol–water partition coefficient (Wildman–Crippen LogP) is 3.64. The van der Waals surface area contributed by atoms with Crippen LogP contribution in [0.25, 0.3) is 0 Å². The molecule has 2 aromatic carbocycles. The molecule has 1 fully saturated rings. The number of rotatable bonds is 9. The minimum atomic E-state index is -0.256. The molecule has 3 rings (SSSR count). The zero-order chi connectivity index (χ0) is 19.8. The summed E-state index contributed by atoms with van der Waals surface area (Å²) in [6.07, 6.45) is 3.26. The first-order valence-corrected chi connectivity index (χ1v) is 10.8. The van der Waals surface area contributed by atoms with E-state index in [4.69, 9.17) is 0 Å². The van der Waals surface area contributed by atoms with Crippen LogP contribution in [0.4, 0.5) is 0 Å². The lowest BCUT2D eigenvalue weighted by Crippen LogP contribution is -2.39. The molecule has 150 valence electrons. The molecule has 0 spiro atoms. The van der Waals surface area contributed by atoms with Gasteiger partial charge >= 0.3 is 0 Å². The highest BCUT2D eigenvalue weighted by Crippen LogP contribution is 2.30. The normalized spacial score (nSPS) is 18.6. The van der Waals surface area contributed by atoms with Crippen molar-refractivity contribution in [3.63, 3.8) is 0 Å². The van der Waals surface area contributed by atoms with E-state index in [9.17, 15) is 9.90 Å². The van der Waals surface area contributed by atoms with Crippen molar-refractivity contribution < 1.29 is 9.90 Å². The van der Waals surface area contributed by atoms with Gasteiger partial charge < -0.3 is 15.7 Å². The molecule has 2 aromatic rings. The second kappa shape index (κ2) is 10.7. The summed E-state index contributed by atoms with van der Waals surface area (Å²) >= 11 is 3.49. The van der Waals surface area contributed by atoms with E-state index in [1.54, 1.807) is 0 Å². The summed E-state index contributed by atoms with van der Waals surface area (Å²) in [4.78, 5) is 12.8. The van der Waals surface area contributed by atoms with Crippen LogP contribution in [-0.4, -0.2) is 36.8 Å². The van der Waals surface area contributed by atoms with Crippen LogP contribution in [-0.2, 0) is 11.2 Å². The maximum absolute atomic E-state index is 12.8. The molecule has 0 radical (unpaired) electrons. The molecule has 0 saturated carbocycles. The Kier molecular flexibility index (Phi) is 8.07. The number of benzene rings is 2. The Morgan fingerprint density at radius 1 is 1.18 bits per heavy atom. The molecule has 1 aliphatic rings. The Hall–Kier alpha value is -1.69. The third-order valence-corrected chi connectivity index (χ3v) is 5.99. The summed E-state index contributed by atoms with van der Waals surface area (Å²) in [7, 11) is 0. The monoisotopic (exact) mass is 444 g/mol. The van der Waals surface area contributed by atoms with Gasteiger partial charge in [-0.1, -0.05) is 58.4 Å². The number of aliphatic hydroxyl groups is 1. The Balaban J connectivity index is 1.62. The molecule has 1 heterocycles. The molecular weight excluding hydrogens is 416 g/mol. The van der Waals surface area contributed by atoms with Crippen molar-refractivity contribution in [1.29, 1.82) is 0 Å². The van der Waals surface area contributed by atoms with Crippen molar-refractivity contribution >= 4 is 21.8 Å². The van der Waals surface area contributed by atoms with Crippen molar-refractivity contribution in [2.75, 3.05) is 19.7 Å². The van der Waals surface area contributed by atoms with E-state index in [0.29, 0.717) is 18.8 Å². The third-order valence-electron chi connectivity index (χ3n) is 5.46. The molecule has 1 aliphatic heterocycles. The van der Waals surface area contributed by atoms with E-state index in [0.717, 1.165) is 29.5 Å².